The van der Waals surface area contributed by atoms with Gasteiger partial charge in [-0.15, -0.1) is 18.3 Å². The van der Waals surface area contributed by atoms with Crippen molar-refractivity contribution in [1.29, 1.82) is 0 Å². The van der Waals surface area contributed by atoms with Gasteiger partial charge in [-0.3, -0.25) is 0 Å². The molecule has 1 aromatic heterocycles. The van der Waals surface area contributed by atoms with E-state index in [1.165, 1.54) is 55.6 Å². The Morgan fingerprint density at radius 2 is 1.83 bits per heavy atom. The van der Waals surface area contributed by atoms with Crippen molar-refractivity contribution in [3.63, 3.8) is 0 Å². The van der Waals surface area contributed by atoms with Gasteiger partial charge in [-0.1, -0.05) is 6.07 Å². The van der Waals surface area contributed by atoms with E-state index >= 15 is 0 Å². The number of esters is 1. The zero-order valence-corrected chi connectivity index (χ0v) is 15.8. The highest BCUT2D eigenvalue weighted by Crippen LogP contribution is 2.24. The molecule has 0 amide bonds. The van der Waals surface area contributed by atoms with Gasteiger partial charge in [0.1, 0.15) is 24.4 Å². The second-order valence-corrected chi connectivity index (χ2v) is 5.82. The summed E-state index contributed by atoms with van der Waals surface area (Å²) in [5, 5.41) is 4.12. The standard InChI is InChI=1S/C19H16F3N3O5/c1-27-16-9-12(17(26)28-2)3-4-13(16)10-29-18-23-11-25(24-18)14-5-7-15(8-6-14)30-19(20,21)22/h3-9,11H,10H2,1-2H3. The number of aromatic nitrogens is 3. The summed E-state index contributed by atoms with van der Waals surface area (Å²) in [6.07, 6.45) is -3.40. The predicted molar refractivity (Wildman–Crippen MR) is 96.7 cm³/mol. The van der Waals surface area contributed by atoms with E-state index in [0.717, 1.165) is 0 Å². The molecule has 3 aromatic rings. The van der Waals surface area contributed by atoms with Gasteiger partial charge in [0, 0.05) is 5.56 Å². The van der Waals surface area contributed by atoms with E-state index in [-0.39, 0.29) is 18.4 Å². The van der Waals surface area contributed by atoms with Crippen molar-refractivity contribution in [2.75, 3.05) is 14.2 Å². The van der Waals surface area contributed by atoms with E-state index in [0.29, 0.717) is 22.6 Å². The van der Waals surface area contributed by atoms with E-state index < -0.39 is 12.3 Å². The molecule has 3 rings (SSSR count). The fraction of sp³-hybridized carbons (Fsp3) is 0.211. The van der Waals surface area contributed by atoms with Crippen molar-refractivity contribution < 1.29 is 36.9 Å². The van der Waals surface area contributed by atoms with Gasteiger partial charge in [0.15, 0.2) is 0 Å². The lowest BCUT2D eigenvalue weighted by Crippen LogP contribution is -2.17. The summed E-state index contributed by atoms with van der Waals surface area (Å²) in [4.78, 5) is 15.6. The molecule has 0 aliphatic heterocycles. The van der Waals surface area contributed by atoms with Crippen molar-refractivity contribution in [3.8, 4) is 23.2 Å². The Hall–Kier alpha value is -3.76. The van der Waals surface area contributed by atoms with Gasteiger partial charge in [-0.2, -0.15) is 4.98 Å². The third-order valence-corrected chi connectivity index (χ3v) is 3.87. The van der Waals surface area contributed by atoms with E-state index in [4.69, 9.17) is 9.47 Å². The second kappa shape index (κ2) is 8.72. The van der Waals surface area contributed by atoms with Crippen LogP contribution in [0.4, 0.5) is 13.2 Å². The maximum Gasteiger partial charge on any atom is 0.573 e. The van der Waals surface area contributed by atoms with Crippen LogP contribution in [0.15, 0.2) is 48.8 Å². The average molecular weight is 423 g/mol. The topological polar surface area (TPSA) is 84.7 Å². The van der Waals surface area contributed by atoms with Crippen LogP contribution in [0.2, 0.25) is 0 Å². The van der Waals surface area contributed by atoms with Gasteiger partial charge in [-0.05, 0) is 36.4 Å². The molecule has 30 heavy (non-hydrogen) atoms. The van der Waals surface area contributed by atoms with Gasteiger partial charge >= 0.3 is 18.3 Å². The average Bonchev–Trinajstić information content (AvgIpc) is 3.20. The fourth-order valence-electron chi connectivity index (χ4n) is 2.49. The lowest BCUT2D eigenvalue weighted by molar-refractivity contribution is -0.274. The highest BCUT2D eigenvalue weighted by atomic mass is 19.4. The van der Waals surface area contributed by atoms with Crippen LogP contribution in [0.1, 0.15) is 15.9 Å². The molecule has 0 bridgehead atoms. The van der Waals surface area contributed by atoms with Crippen molar-refractivity contribution in [2.24, 2.45) is 0 Å². The molecule has 0 spiro atoms. The Labute approximate surface area is 168 Å². The molecule has 8 nitrogen and oxygen atoms in total. The van der Waals surface area contributed by atoms with Crippen LogP contribution < -0.4 is 14.2 Å². The van der Waals surface area contributed by atoms with Crippen LogP contribution in [0.25, 0.3) is 5.69 Å². The normalized spacial score (nSPS) is 11.1. The molecular weight excluding hydrogens is 407 g/mol. The number of methoxy groups -OCH3 is 2. The monoisotopic (exact) mass is 423 g/mol. The third kappa shape index (κ3) is 5.19. The van der Waals surface area contributed by atoms with Gasteiger partial charge in [-0.25, -0.2) is 9.48 Å². The molecule has 0 N–H and O–H groups in total. The molecule has 1 heterocycles. The summed E-state index contributed by atoms with van der Waals surface area (Å²) in [7, 11) is 2.74. The fourth-order valence-corrected chi connectivity index (χ4v) is 2.49. The van der Waals surface area contributed by atoms with Crippen molar-refractivity contribution in [2.45, 2.75) is 13.0 Å². The van der Waals surface area contributed by atoms with Crippen LogP contribution in [0.3, 0.4) is 0 Å². The number of rotatable bonds is 7. The van der Waals surface area contributed by atoms with Crippen molar-refractivity contribution >= 4 is 5.97 Å². The minimum Gasteiger partial charge on any atom is -0.496 e. The molecule has 11 heteroatoms. The number of ether oxygens (including phenoxy) is 4. The summed E-state index contributed by atoms with van der Waals surface area (Å²) in [6.45, 7) is 0.0625. The molecule has 0 saturated carbocycles. The Morgan fingerprint density at radius 3 is 2.47 bits per heavy atom. The molecule has 0 aliphatic carbocycles. The van der Waals surface area contributed by atoms with Crippen molar-refractivity contribution in [3.05, 3.63) is 59.9 Å². The summed E-state index contributed by atoms with van der Waals surface area (Å²) < 4.78 is 57.3. The Kier molecular flexibility index (Phi) is 6.09. The summed E-state index contributed by atoms with van der Waals surface area (Å²) >= 11 is 0. The molecule has 2 aromatic carbocycles. The highest BCUT2D eigenvalue weighted by Gasteiger charge is 2.31. The lowest BCUT2D eigenvalue weighted by Gasteiger charge is -2.10. The number of carbonyl (C=O) groups excluding carboxylic acids is 1. The first-order valence-corrected chi connectivity index (χ1v) is 8.45. The van der Waals surface area contributed by atoms with Gasteiger partial charge < -0.3 is 18.9 Å². The number of carbonyl (C=O) groups is 1. The molecule has 0 atom stereocenters. The quantitative estimate of drug-likeness (QED) is 0.538. The van der Waals surface area contributed by atoms with Gasteiger partial charge in [0.25, 0.3) is 0 Å². The molecule has 0 aliphatic rings. The number of halogens is 3. The number of nitrogens with zero attached hydrogens (tertiary/aromatic N) is 3. The van der Waals surface area contributed by atoms with Crippen molar-refractivity contribution in [1.82, 2.24) is 14.8 Å². The van der Waals surface area contributed by atoms with E-state index in [9.17, 15) is 18.0 Å². The number of alkyl halides is 3. The summed E-state index contributed by atoms with van der Waals surface area (Å²) in [5.74, 6) is -0.407. The highest BCUT2D eigenvalue weighted by molar-refractivity contribution is 5.89. The largest absolute Gasteiger partial charge is 0.573 e. The Balaban J connectivity index is 1.67. The number of hydrogen-bond acceptors (Lipinski definition) is 7. The van der Waals surface area contributed by atoms with Crippen LogP contribution in [-0.2, 0) is 11.3 Å². The first kappa shape index (κ1) is 21.0. The molecule has 158 valence electrons. The zero-order chi connectivity index (χ0) is 21.7. The van der Waals surface area contributed by atoms with Crippen LogP contribution >= 0.6 is 0 Å². The van der Waals surface area contributed by atoms with E-state index in [1.807, 2.05) is 0 Å². The SMILES string of the molecule is COC(=O)c1ccc(COc2ncn(-c3ccc(OC(F)(F)F)cc3)n2)c(OC)c1. The molecule has 0 fully saturated rings. The summed E-state index contributed by atoms with van der Waals surface area (Å²) in [6, 6.07) is 9.93. The second-order valence-electron chi connectivity index (χ2n) is 5.82. The predicted octanol–water partition coefficient (Wildman–Crippen LogP) is 3.54. The maximum absolute atomic E-state index is 12.2. The summed E-state index contributed by atoms with van der Waals surface area (Å²) in [5.41, 5.74) is 1.44. The van der Waals surface area contributed by atoms with Crippen LogP contribution in [0.5, 0.6) is 17.5 Å². The smallest absolute Gasteiger partial charge is 0.496 e. The van der Waals surface area contributed by atoms with Crippen LogP contribution in [-0.4, -0.2) is 41.3 Å². The van der Waals surface area contributed by atoms with Gasteiger partial charge in [0.2, 0.25) is 0 Å². The van der Waals surface area contributed by atoms with Crippen LogP contribution in [0, 0.1) is 0 Å². The molecule has 0 unspecified atom stereocenters. The Morgan fingerprint density at radius 1 is 1.10 bits per heavy atom. The molecular formula is C19H16F3N3O5. The number of benzene rings is 2. The Bertz CT molecular complexity index is 1020. The van der Waals surface area contributed by atoms with E-state index in [2.05, 4.69) is 19.6 Å². The molecule has 0 radical (unpaired) electrons. The minimum atomic E-state index is -4.76. The van der Waals surface area contributed by atoms with Gasteiger partial charge in [0.05, 0.1) is 25.5 Å². The zero-order valence-electron chi connectivity index (χ0n) is 15.8. The lowest BCUT2D eigenvalue weighted by atomic mass is 10.1. The first-order chi connectivity index (χ1) is 14.3. The maximum atomic E-state index is 12.2. The minimum absolute atomic E-state index is 0.0460. The number of hydrogen-bond donors (Lipinski definition) is 0. The first-order valence-electron chi connectivity index (χ1n) is 8.45. The van der Waals surface area contributed by atoms with E-state index in [1.54, 1.807) is 12.1 Å². The third-order valence-electron chi connectivity index (χ3n) is 3.87. The molecule has 0 saturated heterocycles.